The van der Waals surface area contributed by atoms with Crippen LogP contribution in [0.5, 0.6) is 0 Å². The summed E-state index contributed by atoms with van der Waals surface area (Å²) in [6.07, 6.45) is 4.82. The summed E-state index contributed by atoms with van der Waals surface area (Å²) in [5.74, 6) is 0. The molecule has 0 bridgehead atoms. The molecule has 1 rings (SSSR count). The van der Waals surface area contributed by atoms with Gasteiger partial charge in [0.2, 0.25) is 0 Å². The summed E-state index contributed by atoms with van der Waals surface area (Å²) in [7, 11) is 2.13. The monoisotopic (exact) mass is 281 g/mol. The maximum atomic E-state index is 9.43. The fourth-order valence-electron chi connectivity index (χ4n) is 2.97. The Kier molecular flexibility index (Phi) is 6.94. The highest BCUT2D eigenvalue weighted by Crippen LogP contribution is 2.19. The van der Waals surface area contributed by atoms with E-state index in [2.05, 4.69) is 44.1 Å². The van der Waals surface area contributed by atoms with E-state index in [4.69, 9.17) is 4.74 Å². The van der Waals surface area contributed by atoms with Gasteiger partial charge >= 0.3 is 0 Å². The van der Waals surface area contributed by atoms with Gasteiger partial charge < -0.3 is 9.64 Å². The number of likely N-dealkylation sites (N-methyl/N-ethyl adjacent to an activating group) is 1. The first-order chi connectivity index (χ1) is 9.36. The highest BCUT2D eigenvalue weighted by molar-refractivity contribution is 5.06. The molecule has 0 aromatic carbocycles. The number of ether oxygens (including phenoxy) is 1. The zero-order valence-electron chi connectivity index (χ0n) is 13.8. The van der Waals surface area contributed by atoms with E-state index in [9.17, 15) is 5.26 Å². The van der Waals surface area contributed by atoms with Crippen molar-refractivity contribution in [3.63, 3.8) is 0 Å². The van der Waals surface area contributed by atoms with Gasteiger partial charge in [-0.25, -0.2) is 0 Å². The van der Waals surface area contributed by atoms with Gasteiger partial charge in [-0.1, -0.05) is 0 Å². The van der Waals surface area contributed by atoms with E-state index in [1.165, 1.54) is 12.8 Å². The van der Waals surface area contributed by atoms with Crippen LogP contribution < -0.4 is 5.32 Å². The van der Waals surface area contributed by atoms with E-state index >= 15 is 0 Å². The highest BCUT2D eigenvalue weighted by Gasteiger charge is 2.29. The van der Waals surface area contributed by atoms with Gasteiger partial charge in [-0.3, -0.25) is 5.32 Å². The minimum Gasteiger partial charge on any atom is -0.377 e. The fraction of sp³-hybridized carbons (Fsp3) is 0.938. The van der Waals surface area contributed by atoms with Gasteiger partial charge in [-0.05, 0) is 60.4 Å². The van der Waals surface area contributed by atoms with Gasteiger partial charge in [0.1, 0.15) is 5.54 Å². The zero-order valence-corrected chi connectivity index (χ0v) is 13.8. The molecule has 3 unspecified atom stereocenters. The molecule has 1 aliphatic heterocycles. The standard InChI is InChI=1S/C16H31N3O/c1-13(2)18-16(4,12-17)10-14(3)19(5)11-15-8-6-7-9-20-15/h13-15,18H,6-11H2,1-5H3. The van der Waals surface area contributed by atoms with Crippen molar-refractivity contribution in [3.8, 4) is 6.07 Å². The number of nitriles is 1. The average Bonchev–Trinajstić information content (AvgIpc) is 2.38. The van der Waals surface area contributed by atoms with E-state index in [0.29, 0.717) is 18.2 Å². The smallest absolute Gasteiger partial charge is 0.105 e. The normalized spacial score (nSPS) is 24.4. The lowest BCUT2D eigenvalue weighted by Gasteiger charge is -2.35. The Morgan fingerprint density at radius 2 is 2.10 bits per heavy atom. The van der Waals surface area contributed by atoms with Crippen molar-refractivity contribution in [2.24, 2.45) is 0 Å². The molecule has 0 saturated carbocycles. The molecule has 0 amide bonds. The van der Waals surface area contributed by atoms with Gasteiger partial charge in [0.25, 0.3) is 0 Å². The first kappa shape index (κ1) is 17.4. The highest BCUT2D eigenvalue weighted by atomic mass is 16.5. The molecule has 3 atom stereocenters. The second-order valence-electron chi connectivity index (χ2n) is 6.72. The van der Waals surface area contributed by atoms with E-state index in [0.717, 1.165) is 26.0 Å². The quantitative estimate of drug-likeness (QED) is 0.779. The third-order valence-electron chi connectivity index (χ3n) is 4.08. The number of hydrogen-bond acceptors (Lipinski definition) is 4. The van der Waals surface area contributed by atoms with Crippen LogP contribution in [-0.2, 0) is 4.74 Å². The fourth-order valence-corrected chi connectivity index (χ4v) is 2.97. The van der Waals surface area contributed by atoms with Crippen molar-refractivity contribution in [2.75, 3.05) is 20.2 Å². The van der Waals surface area contributed by atoms with Gasteiger partial charge in [0.05, 0.1) is 12.2 Å². The van der Waals surface area contributed by atoms with Crippen molar-refractivity contribution < 1.29 is 4.74 Å². The maximum absolute atomic E-state index is 9.43. The number of nitrogens with one attached hydrogen (secondary N) is 1. The van der Waals surface area contributed by atoms with Crippen molar-refractivity contribution in [1.29, 1.82) is 5.26 Å². The summed E-state index contributed by atoms with van der Waals surface area (Å²) in [6, 6.07) is 3.11. The van der Waals surface area contributed by atoms with Crippen molar-refractivity contribution in [1.82, 2.24) is 10.2 Å². The Hall–Kier alpha value is -0.630. The predicted octanol–water partition coefficient (Wildman–Crippen LogP) is 2.55. The largest absolute Gasteiger partial charge is 0.377 e. The predicted molar refractivity (Wildman–Crippen MR) is 82.6 cm³/mol. The van der Waals surface area contributed by atoms with Gasteiger partial charge in [-0.15, -0.1) is 0 Å². The summed E-state index contributed by atoms with van der Waals surface area (Å²) in [6.45, 7) is 10.2. The zero-order chi connectivity index (χ0) is 15.2. The van der Waals surface area contributed by atoms with Gasteiger partial charge in [0.15, 0.2) is 0 Å². The van der Waals surface area contributed by atoms with Crippen LogP contribution in [0.25, 0.3) is 0 Å². The molecule has 1 N–H and O–H groups in total. The molecule has 4 nitrogen and oxygen atoms in total. The van der Waals surface area contributed by atoms with E-state index in [1.807, 2.05) is 6.92 Å². The van der Waals surface area contributed by atoms with Crippen LogP contribution in [-0.4, -0.2) is 48.8 Å². The molecule has 0 aromatic rings. The molecule has 1 saturated heterocycles. The SMILES string of the molecule is CC(C)NC(C)(C#N)CC(C)N(C)CC1CCCCO1. The summed E-state index contributed by atoms with van der Waals surface area (Å²) >= 11 is 0. The van der Waals surface area contributed by atoms with Crippen molar-refractivity contribution >= 4 is 0 Å². The molecule has 0 aromatic heterocycles. The van der Waals surface area contributed by atoms with Crippen LogP contribution >= 0.6 is 0 Å². The molecule has 1 heterocycles. The number of rotatable bonds is 7. The van der Waals surface area contributed by atoms with Crippen molar-refractivity contribution in [2.45, 2.75) is 77.1 Å². The Balaban J connectivity index is 2.46. The first-order valence-electron chi connectivity index (χ1n) is 7.87. The molecule has 0 spiro atoms. The molecule has 0 aliphatic carbocycles. The topological polar surface area (TPSA) is 48.3 Å². The Morgan fingerprint density at radius 1 is 1.40 bits per heavy atom. The molecule has 1 aliphatic rings. The van der Waals surface area contributed by atoms with Crippen LogP contribution in [0.3, 0.4) is 0 Å². The third-order valence-corrected chi connectivity index (χ3v) is 4.08. The maximum Gasteiger partial charge on any atom is 0.105 e. The number of hydrogen-bond donors (Lipinski definition) is 1. The lowest BCUT2D eigenvalue weighted by atomic mass is 9.93. The summed E-state index contributed by atoms with van der Waals surface area (Å²) < 4.78 is 5.80. The van der Waals surface area contributed by atoms with Crippen molar-refractivity contribution in [3.05, 3.63) is 0 Å². The molecule has 0 radical (unpaired) electrons. The second-order valence-corrected chi connectivity index (χ2v) is 6.72. The molecule has 1 fully saturated rings. The lowest BCUT2D eigenvalue weighted by molar-refractivity contribution is -0.00866. The van der Waals surface area contributed by atoms with Crippen LogP contribution in [0.15, 0.2) is 0 Å². The van der Waals surface area contributed by atoms with E-state index in [1.54, 1.807) is 0 Å². The molecule has 116 valence electrons. The summed E-state index contributed by atoms with van der Waals surface area (Å²) in [4.78, 5) is 2.33. The van der Waals surface area contributed by atoms with Crippen LogP contribution in [0, 0.1) is 11.3 Å². The molecular formula is C16H31N3O. The molecule has 4 heteroatoms. The van der Waals surface area contributed by atoms with Crippen LogP contribution in [0.4, 0.5) is 0 Å². The van der Waals surface area contributed by atoms with Crippen LogP contribution in [0.2, 0.25) is 0 Å². The lowest BCUT2D eigenvalue weighted by Crippen LogP contribution is -2.50. The Labute approximate surface area is 124 Å². The molecule has 20 heavy (non-hydrogen) atoms. The summed E-state index contributed by atoms with van der Waals surface area (Å²) in [5.41, 5.74) is -0.463. The number of nitrogens with zero attached hydrogens (tertiary/aromatic N) is 2. The second kappa shape index (κ2) is 7.97. The molecular weight excluding hydrogens is 250 g/mol. The van der Waals surface area contributed by atoms with Crippen LogP contribution in [0.1, 0.15) is 53.4 Å². The summed E-state index contributed by atoms with van der Waals surface area (Å²) in [5, 5.41) is 12.8. The van der Waals surface area contributed by atoms with Gasteiger partial charge in [0, 0.05) is 25.2 Å². The third kappa shape index (κ3) is 5.78. The van der Waals surface area contributed by atoms with Gasteiger partial charge in [-0.2, -0.15) is 5.26 Å². The minimum absolute atomic E-state index is 0.318. The van der Waals surface area contributed by atoms with E-state index in [-0.39, 0.29) is 0 Å². The first-order valence-corrected chi connectivity index (χ1v) is 7.87. The Morgan fingerprint density at radius 3 is 2.60 bits per heavy atom. The minimum atomic E-state index is -0.463. The average molecular weight is 281 g/mol. The Bertz CT molecular complexity index is 320. The van der Waals surface area contributed by atoms with E-state index < -0.39 is 5.54 Å².